The number of nitrogens with zero attached hydrogens (tertiary/aromatic N) is 3. The van der Waals surface area contributed by atoms with Crippen molar-refractivity contribution in [1.29, 1.82) is 0 Å². The first-order valence-corrected chi connectivity index (χ1v) is 8.14. The maximum absolute atomic E-state index is 12.2. The molecule has 0 fully saturated rings. The molecule has 10 heteroatoms. The minimum atomic E-state index is -0.563. The standard InChI is InChI=1S/C18H13N5O5/c24-18(14-7-13(20-21-14)11-4-2-1-3-5-11)22-19-9-12-6-16-17(28-10-27-16)8-15(12)23(25)26/h1-9H,10H2,(H,20,21)(H,22,24). The summed E-state index contributed by atoms with van der Waals surface area (Å²) in [4.78, 5) is 22.9. The van der Waals surface area contributed by atoms with Crippen molar-refractivity contribution in [2.45, 2.75) is 0 Å². The molecule has 28 heavy (non-hydrogen) atoms. The first-order valence-electron chi connectivity index (χ1n) is 8.14. The molecule has 0 aliphatic carbocycles. The van der Waals surface area contributed by atoms with Gasteiger partial charge in [-0.1, -0.05) is 30.3 Å². The number of aromatic nitrogens is 2. The minimum absolute atomic E-state index is 0.00656. The van der Waals surface area contributed by atoms with E-state index in [-0.39, 0.29) is 23.7 Å². The van der Waals surface area contributed by atoms with E-state index in [0.29, 0.717) is 17.2 Å². The van der Waals surface area contributed by atoms with Gasteiger partial charge in [-0.05, 0) is 12.1 Å². The van der Waals surface area contributed by atoms with E-state index < -0.39 is 10.8 Å². The van der Waals surface area contributed by atoms with Crippen LogP contribution in [-0.4, -0.2) is 34.0 Å². The zero-order valence-electron chi connectivity index (χ0n) is 14.3. The Balaban J connectivity index is 1.49. The predicted molar refractivity (Wildman–Crippen MR) is 98.3 cm³/mol. The van der Waals surface area contributed by atoms with Gasteiger partial charge in [0.15, 0.2) is 11.5 Å². The molecule has 2 heterocycles. The first-order chi connectivity index (χ1) is 13.6. The molecule has 2 aromatic carbocycles. The van der Waals surface area contributed by atoms with Crippen LogP contribution in [0.25, 0.3) is 11.3 Å². The Hall–Kier alpha value is -4.21. The molecule has 0 unspecified atom stereocenters. The number of benzene rings is 2. The monoisotopic (exact) mass is 379 g/mol. The van der Waals surface area contributed by atoms with Crippen LogP contribution in [0.5, 0.6) is 11.5 Å². The molecule has 0 spiro atoms. The molecule has 0 saturated heterocycles. The molecule has 4 rings (SSSR count). The zero-order valence-corrected chi connectivity index (χ0v) is 14.3. The van der Waals surface area contributed by atoms with Gasteiger partial charge < -0.3 is 9.47 Å². The van der Waals surface area contributed by atoms with Crippen molar-refractivity contribution >= 4 is 17.8 Å². The number of nitro benzene ring substituents is 1. The maximum atomic E-state index is 12.2. The predicted octanol–water partition coefficient (Wildman–Crippen LogP) is 2.48. The molecule has 1 aromatic heterocycles. The highest BCUT2D eigenvalue weighted by Gasteiger charge is 2.22. The number of nitrogens with one attached hydrogen (secondary N) is 2. The van der Waals surface area contributed by atoms with E-state index in [1.165, 1.54) is 18.3 Å². The fourth-order valence-corrected chi connectivity index (χ4v) is 2.62. The van der Waals surface area contributed by atoms with Gasteiger partial charge in [0.1, 0.15) is 5.69 Å². The lowest BCUT2D eigenvalue weighted by atomic mass is 10.1. The molecule has 140 valence electrons. The Bertz CT molecular complexity index is 1080. The molecule has 10 nitrogen and oxygen atoms in total. The van der Waals surface area contributed by atoms with E-state index in [1.807, 2.05) is 30.3 Å². The number of ether oxygens (including phenoxy) is 2. The van der Waals surface area contributed by atoms with Gasteiger partial charge in [-0.25, -0.2) is 5.43 Å². The molecule has 0 atom stereocenters. The summed E-state index contributed by atoms with van der Waals surface area (Å²) in [5, 5.41) is 21.7. The van der Waals surface area contributed by atoms with E-state index in [4.69, 9.17) is 9.47 Å². The lowest BCUT2D eigenvalue weighted by molar-refractivity contribution is -0.385. The number of rotatable bonds is 5. The largest absolute Gasteiger partial charge is 0.454 e. The molecule has 1 aliphatic rings. The Morgan fingerprint density at radius 1 is 1.21 bits per heavy atom. The SMILES string of the molecule is O=C(NN=Cc1cc2c(cc1[N+](=O)[O-])OCO2)c1cc(-c2ccccc2)n[nH]1. The third-order valence-corrected chi connectivity index (χ3v) is 3.98. The fourth-order valence-electron chi connectivity index (χ4n) is 2.62. The van der Waals surface area contributed by atoms with Crippen LogP contribution in [0.15, 0.2) is 53.6 Å². The molecule has 2 N–H and O–H groups in total. The summed E-state index contributed by atoms with van der Waals surface area (Å²) in [5.41, 5.74) is 3.94. The Morgan fingerprint density at radius 2 is 1.96 bits per heavy atom. The van der Waals surface area contributed by atoms with Crippen molar-refractivity contribution < 1.29 is 19.2 Å². The van der Waals surface area contributed by atoms with Crippen molar-refractivity contribution in [1.82, 2.24) is 15.6 Å². The van der Waals surface area contributed by atoms with Crippen LogP contribution in [0.1, 0.15) is 16.1 Å². The van der Waals surface area contributed by atoms with E-state index in [0.717, 1.165) is 5.56 Å². The summed E-state index contributed by atoms with van der Waals surface area (Å²) in [6.07, 6.45) is 1.17. The normalized spacial score (nSPS) is 12.3. The third kappa shape index (κ3) is 3.38. The van der Waals surface area contributed by atoms with Gasteiger partial charge in [-0.2, -0.15) is 10.2 Å². The lowest BCUT2D eigenvalue weighted by Gasteiger charge is -2.01. The number of carbonyl (C=O) groups is 1. The van der Waals surface area contributed by atoms with Crippen LogP contribution >= 0.6 is 0 Å². The van der Waals surface area contributed by atoms with Crippen LogP contribution in [0.3, 0.4) is 0 Å². The second-order valence-electron chi connectivity index (χ2n) is 5.75. The second-order valence-corrected chi connectivity index (χ2v) is 5.75. The number of hydrazone groups is 1. The highest BCUT2D eigenvalue weighted by atomic mass is 16.7. The lowest BCUT2D eigenvalue weighted by Crippen LogP contribution is -2.18. The number of H-pyrrole nitrogens is 1. The number of carbonyl (C=O) groups excluding carboxylic acids is 1. The van der Waals surface area contributed by atoms with Gasteiger partial charge in [0.05, 0.1) is 28.5 Å². The second kappa shape index (κ2) is 7.19. The van der Waals surface area contributed by atoms with Crippen molar-refractivity contribution in [3.05, 3.63) is 69.9 Å². The summed E-state index contributed by atoms with van der Waals surface area (Å²) < 4.78 is 10.3. The van der Waals surface area contributed by atoms with Crippen LogP contribution in [0.4, 0.5) is 5.69 Å². The molecule has 0 bridgehead atoms. The van der Waals surface area contributed by atoms with Gasteiger partial charge in [0, 0.05) is 5.56 Å². The van der Waals surface area contributed by atoms with Gasteiger partial charge in [-0.15, -0.1) is 0 Å². The minimum Gasteiger partial charge on any atom is -0.454 e. The van der Waals surface area contributed by atoms with Crippen molar-refractivity contribution in [2.75, 3.05) is 6.79 Å². The van der Waals surface area contributed by atoms with Gasteiger partial charge in [0.25, 0.3) is 11.6 Å². The zero-order chi connectivity index (χ0) is 19.5. The molecular formula is C18H13N5O5. The van der Waals surface area contributed by atoms with E-state index >= 15 is 0 Å². The van der Waals surface area contributed by atoms with Crippen molar-refractivity contribution in [2.24, 2.45) is 5.10 Å². The van der Waals surface area contributed by atoms with Crippen LogP contribution in [-0.2, 0) is 0 Å². The highest BCUT2D eigenvalue weighted by Crippen LogP contribution is 2.37. The van der Waals surface area contributed by atoms with Crippen LogP contribution in [0, 0.1) is 10.1 Å². The number of aromatic amines is 1. The molecule has 3 aromatic rings. The van der Waals surface area contributed by atoms with Gasteiger partial charge in [0.2, 0.25) is 6.79 Å². The average molecular weight is 379 g/mol. The van der Waals surface area contributed by atoms with E-state index in [1.54, 1.807) is 6.07 Å². The van der Waals surface area contributed by atoms with E-state index in [2.05, 4.69) is 20.7 Å². The third-order valence-electron chi connectivity index (χ3n) is 3.98. The quantitative estimate of drug-likeness (QED) is 0.398. The molecule has 1 amide bonds. The van der Waals surface area contributed by atoms with Gasteiger partial charge >= 0.3 is 0 Å². The average Bonchev–Trinajstić information content (AvgIpc) is 3.37. The molecular weight excluding hydrogens is 366 g/mol. The van der Waals surface area contributed by atoms with Crippen molar-refractivity contribution in [3.63, 3.8) is 0 Å². The topological polar surface area (TPSA) is 132 Å². The number of nitro groups is 1. The number of amides is 1. The summed E-state index contributed by atoms with van der Waals surface area (Å²) in [6.45, 7) is -0.00656. The summed E-state index contributed by atoms with van der Waals surface area (Å²) in [6, 6.07) is 13.6. The van der Waals surface area contributed by atoms with Crippen molar-refractivity contribution in [3.8, 4) is 22.8 Å². The highest BCUT2D eigenvalue weighted by molar-refractivity contribution is 5.94. The number of fused-ring (bicyclic) bond motifs is 1. The van der Waals surface area contributed by atoms with Gasteiger partial charge in [-0.3, -0.25) is 20.0 Å². The summed E-state index contributed by atoms with van der Waals surface area (Å²) >= 11 is 0. The summed E-state index contributed by atoms with van der Waals surface area (Å²) in [5.74, 6) is 0.132. The Labute approximate surface area is 157 Å². The van der Waals surface area contributed by atoms with E-state index in [9.17, 15) is 14.9 Å². The van der Waals surface area contributed by atoms with Crippen LogP contribution < -0.4 is 14.9 Å². The smallest absolute Gasteiger partial charge is 0.289 e. The molecule has 0 saturated carbocycles. The summed E-state index contributed by atoms with van der Waals surface area (Å²) in [7, 11) is 0. The Morgan fingerprint density at radius 3 is 2.71 bits per heavy atom. The number of hydrogen-bond acceptors (Lipinski definition) is 7. The molecule has 0 radical (unpaired) electrons. The maximum Gasteiger partial charge on any atom is 0.289 e. The first kappa shape index (κ1) is 17.2. The fraction of sp³-hybridized carbons (Fsp3) is 0.0556. The number of hydrogen-bond donors (Lipinski definition) is 2. The Kier molecular flexibility index (Phi) is 4.42. The van der Waals surface area contributed by atoms with Crippen LogP contribution in [0.2, 0.25) is 0 Å². The molecule has 1 aliphatic heterocycles.